The van der Waals surface area contributed by atoms with Gasteiger partial charge < -0.3 is 15.2 Å². The molecule has 7 nitrogen and oxygen atoms in total. The van der Waals surface area contributed by atoms with Crippen molar-refractivity contribution in [3.63, 3.8) is 0 Å². The molecule has 1 amide bonds. The molecule has 4 bridgehead atoms. The van der Waals surface area contributed by atoms with Crippen LogP contribution in [0, 0.1) is 19.7 Å². The molecule has 2 aliphatic heterocycles. The number of ether oxygens (including phenoxy) is 1. The Morgan fingerprint density at radius 3 is 2.53 bits per heavy atom. The molecule has 2 atom stereocenters. The van der Waals surface area contributed by atoms with Gasteiger partial charge in [-0.05, 0) is 73.7 Å². The summed E-state index contributed by atoms with van der Waals surface area (Å²) >= 11 is 1.46. The summed E-state index contributed by atoms with van der Waals surface area (Å²) in [5.74, 6) is -1.15. The average molecular weight is 674 g/mol. The van der Waals surface area contributed by atoms with Crippen LogP contribution in [0.2, 0.25) is 0 Å². The van der Waals surface area contributed by atoms with Gasteiger partial charge in [0.15, 0.2) is 0 Å². The maximum Gasteiger partial charge on any atom is 0.416 e. The highest BCUT2D eigenvalue weighted by atomic mass is 32.1. The number of carbonyl (C=O) groups excluding carboxylic acids is 1. The Kier molecular flexibility index (Phi) is 8.98. The number of aliphatic hydroxyl groups is 1. The zero-order chi connectivity index (χ0) is 33.6. The Labute approximate surface area is 271 Å². The molecule has 6 rings (SSSR count). The number of likely N-dealkylation sites (tertiary alicyclic amines) is 1. The summed E-state index contributed by atoms with van der Waals surface area (Å²) in [7, 11) is 0. The number of thiophene rings is 1. The number of nitrogens with zero attached hydrogens (tertiary/aromatic N) is 2. The van der Waals surface area contributed by atoms with Gasteiger partial charge in [0.05, 0.1) is 11.6 Å². The maximum absolute atomic E-state index is 15.7. The highest BCUT2D eigenvalue weighted by Crippen LogP contribution is 2.43. The fourth-order valence-corrected chi connectivity index (χ4v) is 7.45. The lowest BCUT2D eigenvalue weighted by Gasteiger charge is -2.34. The van der Waals surface area contributed by atoms with Crippen molar-refractivity contribution in [3.8, 4) is 21.9 Å². The SMILES string of the molecule is Cc1cccc2c1-c1cc(c(C)s1)[C@@H](CCO)NC(=O)[C@H](n1cc(CCN3CC(F)C3)c(C(F)(F)F)cc1=O)c1cc(ccc1F)O2. The lowest BCUT2D eigenvalue weighted by molar-refractivity contribution is -0.138. The predicted octanol–water partition coefficient (Wildman–Crippen LogP) is 6.48. The van der Waals surface area contributed by atoms with Crippen LogP contribution in [0.25, 0.3) is 10.4 Å². The first-order valence-corrected chi connectivity index (χ1v) is 15.9. The smallest absolute Gasteiger partial charge is 0.416 e. The second-order valence-corrected chi connectivity index (χ2v) is 13.2. The van der Waals surface area contributed by atoms with Crippen LogP contribution in [0.5, 0.6) is 11.5 Å². The van der Waals surface area contributed by atoms with E-state index in [1.165, 1.54) is 23.5 Å². The van der Waals surface area contributed by atoms with E-state index in [1.807, 2.05) is 26.0 Å². The number of hydrogen-bond donors (Lipinski definition) is 2. The van der Waals surface area contributed by atoms with E-state index in [-0.39, 0.29) is 56.0 Å². The van der Waals surface area contributed by atoms with E-state index in [0.29, 0.717) is 17.4 Å². The molecule has 2 aromatic carbocycles. The lowest BCUT2D eigenvalue weighted by Crippen LogP contribution is -2.49. The Morgan fingerprint density at radius 1 is 1.06 bits per heavy atom. The number of rotatable bonds is 6. The Hall–Kier alpha value is -4.07. The highest BCUT2D eigenvalue weighted by molar-refractivity contribution is 7.15. The summed E-state index contributed by atoms with van der Waals surface area (Å²) in [5.41, 5.74) is -0.563. The number of hydrogen-bond acceptors (Lipinski definition) is 6. The first kappa shape index (κ1) is 32.9. The molecule has 0 radical (unpaired) electrons. The topological polar surface area (TPSA) is 83.8 Å². The van der Waals surface area contributed by atoms with Gasteiger partial charge in [-0.3, -0.25) is 19.1 Å². The van der Waals surface area contributed by atoms with Crippen molar-refractivity contribution in [2.45, 2.75) is 51.1 Å². The molecule has 1 saturated heterocycles. The first-order valence-electron chi connectivity index (χ1n) is 15.1. The van der Waals surface area contributed by atoms with Crippen LogP contribution in [0.15, 0.2) is 59.5 Å². The number of aryl methyl sites for hydroxylation is 2. The van der Waals surface area contributed by atoms with E-state index >= 15 is 4.39 Å². The summed E-state index contributed by atoms with van der Waals surface area (Å²) in [4.78, 5) is 31.0. The second kappa shape index (κ2) is 12.9. The van der Waals surface area contributed by atoms with Gasteiger partial charge in [0.2, 0.25) is 5.91 Å². The largest absolute Gasteiger partial charge is 0.457 e. The number of carbonyl (C=O) groups is 1. The number of fused-ring (bicyclic) bond motifs is 6. The standard InChI is InChI=1S/C34H32F5N3O4S/c1-18-4-3-5-28-31(18)29-13-23(19(2)47-29)27(9-11-43)40-33(45)32(24-12-22(46-28)6-7-26(24)36)42-15-20(8-10-41-16-21(35)17-41)25(14-30(42)44)34(37,38)39/h3-7,12-15,21,27,32,43H,8-11,16-17H2,1-2H3,(H,40,45)/t27-,32-/m1/s1. The second-order valence-electron chi connectivity index (χ2n) is 11.9. The molecule has 4 aromatic rings. The van der Waals surface area contributed by atoms with E-state index in [0.717, 1.165) is 37.7 Å². The number of halogens is 5. The fourth-order valence-electron chi connectivity index (χ4n) is 6.26. The van der Waals surface area contributed by atoms with Crippen molar-refractivity contribution in [1.82, 2.24) is 14.8 Å². The minimum absolute atomic E-state index is 0.0771. The van der Waals surface area contributed by atoms with Gasteiger partial charge in [0.25, 0.3) is 5.56 Å². The summed E-state index contributed by atoms with van der Waals surface area (Å²) in [6, 6.07) is 8.96. The average Bonchev–Trinajstić information content (AvgIpc) is 3.37. The summed E-state index contributed by atoms with van der Waals surface area (Å²) in [6.07, 6.45) is -5.11. The van der Waals surface area contributed by atoms with Gasteiger partial charge >= 0.3 is 6.18 Å². The maximum atomic E-state index is 15.7. The zero-order valence-electron chi connectivity index (χ0n) is 25.5. The van der Waals surface area contributed by atoms with Crippen LogP contribution < -0.4 is 15.6 Å². The quantitative estimate of drug-likeness (QED) is 0.229. The molecule has 2 N–H and O–H groups in total. The Balaban J connectivity index is 1.54. The van der Waals surface area contributed by atoms with E-state index in [2.05, 4.69) is 5.32 Å². The molecular formula is C34H32F5N3O4S. The molecule has 0 unspecified atom stereocenters. The summed E-state index contributed by atoms with van der Waals surface area (Å²) in [5, 5.41) is 12.8. The normalized spacial score (nSPS) is 18.7. The molecule has 248 valence electrons. The molecule has 2 aromatic heterocycles. The zero-order valence-corrected chi connectivity index (χ0v) is 26.4. The van der Waals surface area contributed by atoms with Crippen molar-refractivity contribution in [3.05, 3.63) is 104 Å². The molecule has 47 heavy (non-hydrogen) atoms. The monoisotopic (exact) mass is 673 g/mol. The molecular weight excluding hydrogens is 641 g/mol. The van der Waals surface area contributed by atoms with Crippen LogP contribution in [-0.4, -0.2) is 52.9 Å². The van der Waals surface area contributed by atoms with Crippen LogP contribution in [0.1, 0.15) is 51.2 Å². The first-order chi connectivity index (χ1) is 22.3. The number of aromatic nitrogens is 1. The van der Waals surface area contributed by atoms with Crippen molar-refractivity contribution >= 4 is 17.2 Å². The Bertz CT molecular complexity index is 1880. The molecule has 4 heterocycles. The lowest BCUT2D eigenvalue weighted by atomic mass is 9.99. The van der Waals surface area contributed by atoms with E-state index in [9.17, 15) is 32.3 Å². The van der Waals surface area contributed by atoms with Gasteiger partial charge in [-0.1, -0.05) is 12.1 Å². The number of benzene rings is 2. The van der Waals surface area contributed by atoms with E-state index < -0.39 is 47.3 Å². The van der Waals surface area contributed by atoms with E-state index in [4.69, 9.17) is 4.74 Å². The molecule has 1 fully saturated rings. The van der Waals surface area contributed by atoms with Crippen molar-refractivity contribution in [2.75, 3.05) is 26.2 Å². The van der Waals surface area contributed by atoms with Crippen molar-refractivity contribution in [2.24, 2.45) is 0 Å². The molecule has 0 saturated carbocycles. The van der Waals surface area contributed by atoms with Crippen LogP contribution in [-0.2, 0) is 17.4 Å². The van der Waals surface area contributed by atoms with Crippen LogP contribution in [0.4, 0.5) is 22.0 Å². The van der Waals surface area contributed by atoms with Crippen LogP contribution >= 0.6 is 11.3 Å². The fraction of sp³-hybridized carbons (Fsp3) is 0.353. The third kappa shape index (κ3) is 6.56. The number of nitrogens with one attached hydrogen (secondary N) is 1. The van der Waals surface area contributed by atoms with E-state index in [1.54, 1.807) is 17.0 Å². The van der Waals surface area contributed by atoms with Crippen molar-refractivity contribution in [1.29, 1.82) is 0 Å². The van der Waals surface area contributed by atoms with Crippen molar-refractivity contribution < 1.29 is 36.6 Å². The van der Waals surface area contributed by atoms with Gasteiger partial charge in [-0.25, -0.2) is 8.78 Å². The number of aliphatic hydroxyl groups excluding tert-OH is 1. The van der Waals surface area contributed by atoms with Gasteiger partial charge in [-0.2, -0.15) is 13.2 Å². The number of pyridine rings is 1. The molecule has 0 aliphatic carbocycles. The van der Waals surface area contributed by atoms with Gasteiger partial charge in [-0.15, -0.1) is 11.3 Å². The molecule has 13 heteroatoms. The third-order valence-corrected chi connectivity index (χ3v) is 9.73. The minimum atomic E-state index is -4.89. The molecule has 2 aliphatic rings. The number of alkyl halides is 4. The van der Waals surface area contributed by atoms with Gasteiger partial charge in [0, 0.05) is 59.4 Å². The van der Waals surface area contributed by atoms with Crippen LogP contribution in [0.3, 0.4) is 0 Å². The van der Waals surface area contributed by atoms with Gasteiger partial charge in [0.1, 0.15) is 29.5 Å². The minimum Gasteiger partial charge on any atom is -0.457 e. The summed E-state index contributed by atoms with van der Waals surface area (Å²) in [6.45, 7) is 3.73. The molecule has 0 spiro atoms. The summed E-state index contributed by atoms with van der Waals surface area (Å²) < 4.78 is 78.6. The number of amides is 1. The third-order valence-electron chi connectivity index (χ3n) is 8.64. The highest BCUT2D eigenvalue weighted by Gasteiger charge is 2.37. The predicted molar refractivity (Wildman–Crippen MR) is 167 cm³/mol. The Morgan fingerprint density at radius 2 is 1.83 bits per heavy atom.